The van der Waals surface area contributed by atoms with Crippen LogP contribution < -0.4 is 16.8 Å². The minimum Gasteiger partial charge on any atom is -0.389 e. The van der Waals surface area contributed by atoms with E-state index in [2.05, 4.69) is 5.32 Å². The molecule has 0 radical (unpaired) electrons. The summed E-state index contributed by atoms with van der Waals surface area (Å²) in [5.74, 6) is -0.400. The second-order valence-electron chi connectivity index (χ2n) is 4.34. The van der Waals surface area contributed by atoms with Crippen molar-refractivity contribution in [3.05, 3.63) is 42.0 Å². The van der Waals surface area contributed by atoms with Crippen LogP contribution in [-0.2, 0) is 4.79 Å². The van der Waals surface area contributed by atoms with E-state index < -0.39 is 11.9 Å². The number of hydrogen-bond acceptors (Lipinski definition) is 3. The molecule has 2 rings (SSSR count). The molecular formula is C14H15N3OS. The van der Waals surface area contributed by atoms with E-state index in [1.165, 1.54) is 0 Å². The lowest BCUT2D eigenvalue weighted by atomic mass is 10.0. The van der Waals surface area contributed by atoms with Gasteiger partial charge < -0.3 is 16.8 Å². The van der Waals surface area contributed by atoms with Crippen LogP contribution in [0.15, 0.2) is 36.4 Å². The van der Waals surface area contributed by atoms with Crippen molar-refractivity contribution in [1.82, 2.24) is 0 Å². The summed E-state index contributed by atoms with van der Waals surface area (Å²) in [7, 11) is 0. The minimum absolute atomic E-state index is 0.352. The Kier molecular flexibility index (Phi) is 3.66. The van der Waals surface area contributed by atoms with E-state index in [9.17, 15) is 4.79 Å². The van der Waals surface area contributed by atoms with Crippen molar-refractivity contribution >= 4 is 39.6 Å². The number of nitrogens with two attached hydrogens (primary N) is 2. The van der Waals surface area contributed by atoms with Gasteiger partial charge in [-0.15, -0.1) is 0 Å². The first-order valence-corrected chi connectivity index (χ1v) is 6.29. The fourth-order valence-electron chi connectivity index (χ4n) is 1.94. The zero-order chi connectivity index (χ0) is 14.0. The van der Waals surface area contributed by atoms with E-state index in [1.54, 1.807) is 6.92 Å². The average molecular weight is 273 g/mol. The van der Waals surface area contributed by atoms with Crippen LogP contribution in [0.1, 0.15) is 12.5 Å². The number of carbonyl (C=O) groups excluding carboxylic acids is 1. The van der Waals surface area contributed by atoms with Gasteiger partial charge in [0.15, 0.2) is 0 Å². The van der Waals surface area contributed by atoms with Gasteiger partial charge in [-0.25, -0.2) is 0 Å². The molecule has 2 aromatic rings. The Morgan fingerprint density at radius 1 is 1.16 bits per heavy atom. The molecule has 0 fully saturated rings. The van der Waals surface area contributed by atoms with Gasteiger partial charge in [0.05, 0.1) is 0 Å². The first-order chi connectivity index (χ1) is 9.00. The van der Waals surface area contributed by atoms with Crippen LogP contribution in [0.3, 0.4) is 0 Å². The second-order valence-corrected chi connectivity index (χ2v) is 4.78. The normalized spacial score (nSPS) is 12.1. The summed E-state index contributed by atoms with van der Waals surface area (Å²) < 4.78 is 0. The van der Waals surface area contributed by atoms with Gasteiger partial charge in [0, 0.05) is 16.6 Å². The van der Waals surface area contributed by atoms with E-state index in [4.69, 9.17) is 23.7 Å². The van der Waals surface area contributed by atoms with Crippen LogP contribution in [0.2, 0.25) is 0 Å². The molecule has 0 bridgehead atoms. The monoisotopic (exact) mass is 273 g/mol. The van der Waals surface area contributed by atoms with Crippen LogP contribution in [0, 0.1) is 0 Å². The number of fused-ring (bicyclic) bond motifs is 1. The van der Waals surface area contributed by atoms with Gasteiger partial charge >= 0.3 is 0 Å². The molecule has 0 aliphatic carbocycles. The highest BCUT2D eigenvalue weighted by Crippen LogP contribution is 2.27. The molecule has 98 valence electrons. The third-order valence-corrected chi connectivity index (χ3v) is 3.21. The number of benzene rings is 2. The lowest BCUT2D eigenvalue weighted by Gasteiger charge is -2.15. The third-order valence-electron chi connectivity index (χ3n) is 2.99. The summed E-state index contributed by atoms with van der Waals surface area (Å²) in [6.07, 6.45) is 0. The number of thiocarbonyl (C=S) groups is 1. The van der Waals surface area contributed by atoms with Crippen molar-refractivity contribution in [3.8, 4) is 0 Å². The summed E-state index contributed by atoms with van der Waals surface area (Å²) in [5, 5.41) is 5.01. The molecule has 0 aromatic heterocycles. The van der Waals surface area contributed by atoms with E-state index in [0.717, 1.165) is 22.0 Å². The van der Waals surface area contributed by atoms with Gasteiger partial charge in [-0.1, -0.05) is 36.5 Å². The van der Waals surface area contributed by atoms with E-state index >= 15 is 0 Å². The van der Waals surface area contributed by atoms with Crippen LogP contribution in [0.4, 0.5) is 5.69 Å². The largest absolute Gasteiger partial charge is 0.389 e. The molecule has 0 aliphatic rings. The molecule has 0 heterocycles. The highest BCUT2D eigenvalue weighted by molar-refractivity contribution is 7.80. The summed E-state index contributed by atoms with van der Waals surface area (Å²) in [5.41, 5.74) is 12.6. The lowest BCUT2D eigenvalue weighted by Crippen LogP contribution is -2.32. The molecule has 4 nitrogen and oxygen atoms in total. The van der Waals surface area contributed by atoms with Crippen molar-refractivity contribution in [2.45, 2.75) is 13.0 Å². The molecular weight excluding hydrogens is 258 g/mol. The number of anilines is 1. The Morgan fingerprint density at radius 3 is 2.37 bits per heavy atom. The Hall–Kier alpha value is -2.14. The maximum absolute atomic E-state index is 11.1. The standard InChI is InChI=1S/C14H15N3OS/c1-8(13(15)18)17-12-7-6-11(14(16)19)9-4-2-3-5-10(9)12/h2-8,17H,1H3,(H2,15,18)(H2,16,19). The quantitative estimate of drug-likeness (QED) is 0.741. The van der Waals surface area contributed by atoms with Crippen LogP contribution in [-0.4, -0.2) is 16.9 Å². The summed E-state index contributed by atoms with van der Waals surface area (Å²) in [6.45, 7) is 1.72. The molecule has 1 amide bonds. The molecule has 2 aromatic carbocycles. The van der Waals surface area contributed by atoms with Crippen molar-refractivity contribution < 1.29 is 4.79 Å². The van der Waals surface area contributed by atoms with Crippen LogP contribution in [0.5, 0.6) is 0 Å². The van der Waals surface area contributed by atoms with Gasteiger partial charge in [-0.05, 0) is 24.4 Å². The molecule has 19 heavy (non-hydrogen) atoms. The Labute approximate surface area is 116 Å². The van der Waals surface area contributed by atoms with E-state index in [0.29, 0.717) is 4.99 Å². The maximum atomic E-state index is 11.1. The molecule has 0 saturated carbocycles. The third kappa shape index (κ3) is 2.66. The predicted molar refractivity (Wildman–Crippen MR) is 82.1 cm³/mol. The lowest BCUT2D eigenvalue weighted by molar-refractivity contribution is -0.118. The highest BCUT2D eigenvalue weighted by atomic mass is 32.1. The second kappa shape index (κ2) is 5.24. The fraction of sp³-hybridized carbons (Fsp3) is 0.143. The zero-order valence-corrected chi connectivity index (χ0v) is 11.3. The first-order valence-electron chi connectivity index (χ1n) is 5.88. The molecule has 5 heteroatoms. The molecule has 5 N–H and O–H groups in total. The number of rotatable bonds is 4. The molecule has 0 aliphatic heterocycles. The number of amides is 1. The van der Waals surface area contributed by atoms with Gasteiger partial charge in [0.25, 0.3) is 0 Å². The molecule has 1 unspecified atom stereocenters. The van der Waals surface area contributed by atoms with Crippen LogP contribution in [0.25, 0.3) is 10.8 Å². The van der Waals surface area contributed by atoms with Gasteiger partial charge in [0.1, 0.15) is 11.0 Å². The van der Waals surface area contributed by atoms with Crippen molar-refractivity contribution in [3.63, 3.8) is 0 Å². The van der Waals surface area contributed by atoms with Gasteiger partial charge in [-0.2, -0.15) is 0 Å². The van der Waals surface area contributed by atoms with E-state index in [-0.39, 0.29) is 0 Å². The fourth-order valence-corrected chi connectivity index (χ4v) is 2.12. The van der Waals surface area contributed by atoms with E-state index in [1.807, 2.05) is 36.4 Å². The average Bonchev–Trinajstić information content (AvgIpc) is 2.38. The number of hydrogen-bond donors (Lipinski definition) is 3. The maximum Gasteiger partial charge on any atom is 0.239 e. The highest BCUT2D eigenvalue weighted by Gasteiger charge is 2.12. The van der Waals surface area contributed by atoms with Crippen molar-refractivity contribution in [1.29, 1.82) is 0 Å². The van der Waals surface area contributed by atoms with Gasteiger partial charge in [0.2, 0.25) is 5.91 Å². The molecule has 0 spiro atoms. The smallest absolute Gasteiger partial charge is 0.239 e. The topological polar surface area (TPSA) is 81.1 Å². The number of nitrogens with one attached hydrogen (secondary N) is 1. The van der Waals surface area contributed by atoms with Crippen molar-refractivity contribution in [2.75, 3.05) is 5.32 Å². The summed E-state index contributed by atoms with van der Waals surface area (Å²) >= 11 is 5.05. The SMILES string of the molecule is CC(Nc1ccc(C(N)=S)c2ccccc12)C(N)=O. The summed E-state index contributed by atoms with van der Waals surface area (Å²) in [4.78, 5) is 11.5. The van der Waals surface area contributed by atoms with Gasteiger partial charge in [-0.3, -0.25) is 4.79 Å². The Balaban J connectivity index is 2.55. The number of primary amides is 1. The molecule has 0 saturated heterocycles. The predicted octanol–water partition coefficient (Wildman–Crippen LogP) is 1.76. The zero-order valence-electron chi connectivity index (χ0n) is 10.5. The summed E-state index contributed by atoms with van der Waals surface area (Å²) in [6, 6.07) is 11.0. The Morgan fingerprint density at radius 2 is 1.79 bits per heavy atom. The van der Waals surface area contributed by atoms with Crippen LogP contribution >= 0.6 is 12.2 Å². The number of carbonyl (C=O) groups is 1. The minimum atomic E-state index is -0.445. The molecule has 1 atom stereocenters. The first kappa shape index (κ1) is 13.3. The van der Waals surface area contributed by atoms with Crippen molar-refractivity contribution in [2.24, 2.45) is 11.5 Å². The Bertz CT molecular complexity index is 654.